The van der Waals surface area contributed by atoms with Crippen LogP contribution in [0, 0.1) is 6.92 Å². The number of furan rings is 1. The van der Waals surface area contributed by atoms with Gasteiger partial charge in [-0.1, -0.05) is 18.7 Å². The Hall–Kier alpha value is -3.01. The van der Waals surface area contributed by atoms with Crippen molar-refractivity contribution in [2.75, 3.05) is 14.2 Å². The van der Waals surface area contributed by atoms with Crippen LogP contribution in [0.25, 0.3) is 17.3 Å². The number of aromatic nitrogens is 4. The van der Waals surface area contributed by atoms with Crippen molar-refractivity contribution in [2.24, 2.45) is 0 Å². The molecule has 148 valence electrons. The Kier molecular flexibility index (Phi) is 5.88. The molecule has 1 atom stereocenters. The normalized spacial score (nSPS) is 12.0. The lowest BCUT2D eigenvalue weighted by atomic mass is 10.3. The van der Waals surface area contributed by atoms with Gasteiger partial charge in [-0.2, -0.15) is 0 Å². The summed E-state index contributed by atoms with van der Waals surface area (Å²) in [7, 11) is 3.02. The summed E-state index contributed by atoms with van der Waals surface area (Å²) in [5, 5.41) is 17.6. The lowest BCUT2D eigenvalue weighted by Gasteiger charge is -2.16. The highest BCUT2D eigenvalue weighted by atomic mass is 32.2. The lowest BCUT2D eigenvalue weighted by Crippen LogP contribution is -2.16. The fourth-order valence-electron chi connectivity index (χ4n) is 2.64. The molecule has 3 aromatic rings. The van der Waals surface area contributed by atoms with Crippen molar-refractivity contribution >= 4 is 17.7 Å². The highest BCUT2D eigenvalue weighted by molar-refractivity contribution is 8.00. The van der Waals surface area contributed by atoms with E-state index in [0.717, 1.165) is 11.8 Å². The Morgan fingerprint density at radius 1 is 1.29 bits per heavy atom. The zero-order valence-corrected chi connectivity index (χ0v) is 16.7. The highest BCUT2D eigenvalue weighted by Gasteiger charge is 2.28. The van der Waals surface area contributed by atoms with E-state index in [4.69, 9.17) is 13.9 Å². The molecule has 1 unspecified atom stereocenters. The topological polar surface area (TPSA) is 113 Å². The number of carboxylic acids is 1. The first kappa shape index (κ1) is 19.7. The molecule has 0 radical (unpaired) electrons. The molecule has 0 aliphatic heterocycles. The summed E-state index contributed by atoms with van der Waals surface area (Å²) < 4.78 is 18.3. The van der Waals surface area contributed by atoms with Gasteiger partial charge in [0.05, 0.1) is 14.2 Å². The Morgan fingerprint density at radius 2 is 2.07 bits per heavy atom. The van der Waals surface area contributed by atoms with Gasteiger partial charge in [-0.25, -0.2) is 4.98 Å². The van der Waals surface area contributed by atoms with Gasteiger partial charge in [-0.15, -0.1) is 10.2 Å². The smallest absolute Gasteiger partial charge is 0.317 e. The third kappa shape index (κ3) is 3.68. The number of carbonyl (C=O) groups is 1. The Labute approximate surface area is 165 Å². The lowest BCUT2D eigenvalue weighted by molar-refractivity contribution is -0.136. The summed E-state index contributed by atoms with van der Waals surface area (Å²) in [6.07, 6.45) is 1.98. The molecule has 0 fully saturated rings. The van der Waals surface area contributed by atoms with Crippen LogP contribution < -0.4 is 9.47 Å². The van der Waals surface area contributed by atoms with E-state index >= 15 is 0 Å². The van der Waals surface area contributed by atoms with Crippen LogP contribution in [0.4, 0.5) is 0 Å². The summed E-state index contributed by atoms with van der Waals surface area (Å²) in [6.45, 7) is 3.62. The molecule has 0 spiro atoms. The van der Waals surface area contributed by atoms with Gasteiger partial charge in [0.25, 0.3) is 0 Å². The van der Waals surface area contributed by atoms with Crippen molar-refractivity contribution in [2.45, 2.75) is 30.7 Å². The quantitative estimate of drug-likeness (QED) is 0.565. The van der Waals surface area contributed by atoms with Crippen LogP contribution in [0.15, 0.2) is 34.0 Å². The molecule has 0 saturated carbocycles. The molecule has 0 aromatic carbocycles. The molecule has 0 aliphatic rings. The standard InChI is InChI=1S/C18H20N4O5S/c1-5-13(17(23)24)28-18-21-20-15(12-7-6-10(2)27-12)22(18)14-11(25-3)8-9-19-16(14)26-4/h6-9,13H,5H2,1-4H3,(H,23,24). The summed E-state index contributed by atoms with van der Waals surface area (Å²) in [4.78, 5) is 15.8. The predicted molar refractivity (Wildman–Crippen MR) is 102 cm³/mol. The van der Waals surface area contributed by atoms with E-state index in [-0.39, 0.29) is 5.88 Å². The number of aryl methyl sites for hydroxylation is 1. The molecule has 28 heavy (non-hydrogen) atoms. The van der Waals surface area contributed by atoms with Gasteiger partial charge in [-0.05, 0) is 25.5 Å². The minimum absolute atomic E-state index is 0.286. The second-order valence-corrected chi connectivity index (χ2v) is 6.95. The number of aliphatic carboxylic acids is 1. The number of nitrogens with zero attached hydrogens (tertiary/aromatic N) is 4. The summed E-state index contributed by atoms with van der Waals surface area (Å²) in [5.74, 6) is 1.41. The van der Waals surface area contributed by atoms with Crippen LogP contribution in [-0.2, 0) is 4.79 Å². The van der Waals surface area contributed by atoms with E-state index in [2.05, 4.69) is 15.2 Å². The van der Waals surface area contributed by atoms with E-state index in [1.165, 1.54) is 14.2 Å². The molecular weight excluding hydrogens is 384 g/mol. The summed E-state index contributed by atoms with van der Waals surface area (Å²) in [6, 6.07) is 5.26. The first-order valence-corrected chi connectivity index (χ1v) is 9.37. The van der Waals surface area contributed by atoms with Crippen molar-refractivity contribution in [1.82, 2.24) is 19.7 Å². The van der Waals surface area contributed by atoms with Crippen molar-refractivity contribution in [1.29, 1.82) is 0 Å². The molecule has 0 amide bonds. The molecule has 0 saturated heterocycles. The molecule has 9 nitrogen and oxygen atoms in total. The monoisotopic (exact) mass is 404 g/mol. The Balaban J connectivity index is 2.25. The average molecular weight is 404 g/mol. The van der Waals surface area contributed by atoms with E-state index in [1.807, 2.05) is 13.0 Å². The van der Waals surface area contributed by atoms with Crippen LogP contribution in [0.3, 0.4) is 0 Å². The largest absolute Gasteiger partial charge is 0.494 e. The predicted octanol–water partition coefficient (Wildman–Crippen LogP) is 3.20. The van der Waals surface area contributed by atoms with Crippen LogP contribution in [-0.4, -0.2) is 50.3 Å². The number of hydrogen-bond donors (Lipinski definition) is 1. The zero-order valence-electron chi connectivity index (χ0n) is 15.9. The fourth-order valence-corrected chi connectivity index (χ4v) is 3.53. The maximum absolute atomic E-state index is 11.6. The third-order valence-corrected chi connectivity index (χ3v) is 5.27. The maximum Gasteiger partial charge on any atom is 0.317 e. The van der Waals surface area contributed by atoms with Gasteiger partial charge in [0.1, 0.15) is 16.8 Å². The van der Waals surface area contributed by atoms with Crippen molar-refractivity contribution < 1.29 is 23.8 Å². The molecule has 10 heteroatoms. The molecule has 0 bridgehead atoms. The molecule has 3 heterocycles. The van der Waals surface area contributed by atoms with Crippen molar-refractivity contribution in [3.05, 3.63) is 30.2 Å². The zero-order chi connectivity index (χ0) is 20.3. The van der Waals surface area contributed by atoms with E-state index < -0.39 is 11.2 Å². The summed E-state index contributed by atoms with van der Waals surface area (Å²) in [5.41, 5.74) is 0.462. The number of hydrogen-bond acceptors (Lipinski definition) is 8. The molecule has 1 N–H and O–H groups in total. The Morgan fingerprint density at radius 3 is 2.64 bits per heavy atom. The number of ether oxygens (including phenoxy) is 2. The minimum Gasteiger partial charge on any atom is -0.494 e. The van der Waals surface area contributed by atoms with Crippen molar-refractivity contribution in [3.8, 4) is 28.9 Å². The van der Waals surface area contributed by atoms with Gasteiger partial charge in [-0.3, -0.25) is 9.36 Å². The van der Waals surface area contributed by atoms with Gasteiger partial charge in [0.15, 0.2) is 16.6 Å². The van der Waals surface area contributed by atoms with Gasteiger partial charge < -0.3 is 19.0 Å². The number of thioether (sulfide) groups is 1. The molecule has 3 aromatic heterocycles. The SMILES string of the molecule is CCC(Sc1nnc(-c2ccc(C)o2)n1-c1c(OC)ccnc1OC)C(=O)O. The highest BCUT2D eigenvalue weighted by Crippen LogP contribution is 2.38. The fraction of sp³-hybridized carbons (Fsp3) is 0.333. The second kappa shape index (κ2) is 8.34. The minimum atomic E-state index is -0.928. The van der Waals surface area contributed by atoms with Crippen molar-refractivity contribution in [3.63, 3.8) is 0 Å². The molecular formula is C18H20N4O5S. The van der Waals surface area contributed by atoms with Crippen LogP contribution >= 0.6 is 11.8 Å². The van der Waals surface area contributed by atoms with Gasteiger partial charge in [0, 0.05) is 12.3 Å². The van der Waals surface area contributed by atoms with Crippen LogP contribution in [0.1, 0.15) is 19.1 Å². The number of carboxylic acid groups (broad SMARTS) is 1. The average Bonchev–Trinajstić information content (AvgIpc) is 3.30. The van der Waals surface area contributed by atoms with Gasteiger partial charge >= 0.3 is 5.97 Å². The first-order chi connectivity index (χ1) is 13.5. The van der Waals surface area contributed by atoms with Crippen LogP contribution in [0.2, 0.25) is 0 Å². The third-order valence-electron chi connectivity index (χ3n) is 3.98. The van der Waals surface area contributed by atoms with E-state index in [0.29, 0.717) is 40.4 Å². The second-order valence-electron chi connectivity index (χ2n) is 5.78. The van der Waals surface area contributed by atoms with Gasteiger partial charge in [0.2, 0.25) is 11.7 Å². The van der Waals surface area contributed by atoms with Crippen LogP contribution in [0.5, 0.6) is 11.6 Å². The maximum atomic E-state index is 11.6. The molecule has 3 rings (SSSR count). The van der Waals surface area contributed by atoms with E-state index in [1.54, 1.807) is 29.8 Å². The number of rotatable bonds is 8. The first-order valence-electron chi connectivity index (χ1n) is 8.49. The summed E-state index contributed by atoms with van der Waals surface area (Å²) >= 11 is 1.09. The number of pyridine rings is 1. The number of methoxy groups -OCH3 is 2. The van der Waals surface area contributed by atoms with E-state index in [9.17, 15) is 9.90 Å². The molecule has 0 aliphatic carbocycles. The Bertz CT molecular complexity index is 962.